The quantitative estimate of drug-likeness (QED) is 0.332. The van der Waals surface area contributed by atoms with Gasteiger partial charge in [-0.05, 0) is 62.6 Å². The number of nitrogens with zero attached hydrogens (tertiary/aromatic N) is 3. The summed E-state index contributed by atoms with van der Waals surface area (Å²) in [6.45, 7) is 9.78. The molecule has 0 N–H and O–H groups in total. The Morgan fingerprint density at radius 3 is 2.68 bits per heavy atom. The van der Waals surface area contributed by atoms with Crippen LogP contribution in [0, 0.1) is 10.1 Å². The standard InChI is InChI=1S/C22H24ClN3O2/c1-5-10-25-20-9-6-16(11-18(20)15(2)13-22(25,3)4)14-24-17-7-8-19(23)21(12-17)26(27)28/h6-9,11-14H,5,10H2,1-4H3. The smallest absolute Gasteiger partial charge is 0.290 e. The number of nitro benzene ring substituents is 1. The maximum atomic E-state index is 11.0. The van der Waals surface area contributed by atoms with Crippen molar-refractivity contribution in [2.24, 2.45) is 4.99 Å². The minimum Gasteiger partial charge on any atom is -0.362 e. The summed E-state index contributed by atoms with van der Waals surface area (Å²) in [5, 5.41) is 11.1. The fourth-order valence-electron chi connectivity index (χ4n) is 3.68. The topological polar surface area (TPSA) is 58.7 Å². The summed E-state index contributed by atoms with van der Waals surface area (Å²) in [5.74, 6) is 0. The highest BCUT2D eigenvalue weighted by Gasteiger charge is 2.30. The maximum absolute atomic E-state index is 11.0. The van der Waals surface area contributed by atoms with E-state index in [9.17, 15) is 10.1 Å². The second-order valence-electron chi connectivity index (χ2n) is 7.56. The van der Waals surface area contributed by atoms with Crippen molar-refractivity contribution in [2.45, 2.75) is 39.7 Å². The van der Waals surface area contributed by atoms with Crippen molar-refractivity contribution in [3.05, 3.63) is 68.7 Å². The fraction of sp³-hybridized carbons (Fsp3) is 0.318. The van der Waals surface area contributed by atoms with Crippen LogP contribution in [-0.2, 0) is 0 Å². The Hall–Kier alpha value is -2.66. The first-order valence-electron chi connectivity index (χ1n) is 9.32. The molecule has 0 amide bonds. The third-order valence-corrected chi connectivity index (χ3v) is 5.26. The number of aliphatic imine (C=N–C) groups is 1. The van der Waals surface area contributed by atoms with E-state index in [-0.39, 0.29) is 16.2 Å². The van der Waals surface area contributed by atoms with Crippen LogP contribution in [0.4, 0.5) is 17.1 Å². The second-order valence-corrected chi connectivity index (χ2v) is 7.97. The van der Waals surface area contributed by atoms with Gasteiger partial charge < -0.3 is 4.90 Å². The molecule has 0 saturated heterocycles. The monoisotopic (exact) mass is 397 g/mol. The molecule has 0 spiro atoms. The van der Waals surface area contributed by atoms with Crippen LogP contribution in [0.1, 0.15) is 45.2 Å². The van der Waals surface area contributed by atoms with Gasteiger partial charge in [-0.1, -0.05) is 30.7 Å². The lowest BCUT2D eigenvalue weighted by molar-refractivity contribution is -0.384. The number of hydrogen-bond donors (Lipinski definition) is 0. The molecule has 0 radical (unpaired) electrons. The lowest BCUT2D eigenvalue weighted by atomic mass is 9.88. The van der Waals surface area contributed by atoms with E-state index in [1.54, 1.807) is 12.3 Å². The summed E-state index contributed by atoms with van der Waals surface area (Å²) >= 11 is 5.86. The lowest BCUT2D eigenvalue weighted by Gasteiger charge is -2.43. The van der Waals surface area contributed by atoms with Crippen LogP contribution >= 0.6 is 11.6 Å². The summed E-state index contributed by atoms with van der Waals surface area (Å²) < 4.78 is 0. The Kier molecular flexibility index (Phi) is 5.57. The number of fused-ring (bicyclic) bond motifs is 1. The summed E-state index contributed by atoms with van der Waals surface area (Å²) in [7, 11) is 0. The van der Waals surface area contributed by atoms with E-state index in [0.29, 0.717) is 5.69 Å². The lowest BCUT2D eigenvalue weighted by Crippen LogP contribution is -2.45. The van der Waals surface area contributed by atoms with Gasteiger partial charge >= 0.3 is 0 Å². The zero-order valence-electron chi connectivity index (χ0n) is 16.6. The minimum absolute atomic E-state index is 0.0229. The molecule has 6 heteroatoms. The first kappa shape index (κ1) is 20.1. The normalized spacial score (nSPS) is 15.5. The van der Waals surface area contributed by atoms with Crippen LogP contribution in [0.15, 0.2) is 47.5 Å². The number of hydrogen-bond acceptors (Lipinski definition) is 4. The molecule has 1 aliphatic rings. The summed E-state index contributed by atoms with van der Waals surface area (Å²) in [4.78, 5) is 17.4. The highest BCUT2D eigenvalue weighted by molar-refractivity contribution is 6.32. The molecule has 0 bridgehead atoms. The first-order valence-corrected chi connectivity index (χ1v) is 9.70. The molecule has 0 aromatic heterocycles. The molecule has 1 aliphatic heterocycles. The van der Waals surface area contributed by atoms with Crippen molar-refractivity contribution in [3.8, 4) is 0 Å². The van der Waals surface area contributed by atoms with Crippen molar-refractivity contribution in [1.29, 1.82) is 0 Å². The average molecular weight is 398 g/mol. The maximum Gasteiger partial charge on any atom is 0.290 e. The van der Waals surface area contributed by atoms with E-state index < -0.39 is 4.92 Å². The molecule has 2 aromatic carbocycles. The van der Waals surface area contributed by atoms with Crippen molar-refractivity contribution < 1.29 is 4.92 Å². The van der Waals surface area contributed by atoms with Gasteiger partial charge in [0.15, 0.2) is 0 Å². The average Bonchev–Trinajstić information content (AvgIpc) is 2.64. The van der Waals surface area contributed by atoms with Crippen LogP contribution in [-0.4, -0.2) is 23.2 Å². The Labute approximate surface area is 170 Å². The van der Waals surface area contributed by atoms with Crippen LogP contribution in [0.2, 0.25) is 5.02 Å². The molecule has 0 saturated carbocycles. The van der Waals surface area contributed by atoms with Crippen molar-refractivity contribution in [3.63, 3.8) is 0 Å². The molecule has 146 valence electrons. The largest absolute Gasteiger partial charge is 0.362 e. The zero-order chi connectivity index (χ0) is 20.5. The predicted octanol–water partition coefficient (Wildman–Crippen LogP) is 6.41. The summed E-state index contributed by atoms with van der Waals surface area (Å²) in [6, 6.07) is 10.8. The predicted molar refractivity (Wildman–Crippen MR) is 117 cm³/mol. The van der Waals surface area contributed by atoms with Gasteiger partial charge in [0.1, 0.15) is 5.02 Å². The van der Waals surface area contributed by atoms with Crippen LogP contribution in [0.25, 0.3) is 5.57 Å². The van der Waals surface area contributed by atoms with Crippen molar-refractivity contribution >= 4 is 40.5 Å². The van der Waals surface area contributed by atoms with E-state index in [0.717, 1.165) is 18.5 Å². The molecule has 0 aliphatic carbocycles. The minimum atomic E-state index is -0.502. The van der Waals surface area contributed by atoms with E-state index in [1.165, 1.54) is 29.0 Å². The molecular formula is C22H24ClN3O2. The number of allylic oxidation sites excluding steroid dienone is 1. The van der Waals surface area contributed by atoms with Gasteiger partial charge in [-0.2, -0.15) is 0 Å². The Morgan fingerprint density at radius 2 is 2.00 bits per heavy atom. The third-order valence-electron chi connectivity index (χ3n) is 4.94. The van der Waals surface area contributed by atoms with Crippen LogP contribution in [0.3, 0.4) is 0 Å². The first-order chi connectivity index (χ1) is 13.2. The van der Waals surface area contributed by atoms with Gasteiger partial charge in [0.25, 0.3) is 5.69 Å². The number of nitro groups is 1. The van der Waals surface area contributed by atoms with Gasteiger partial charge in [-0.3, -0.25) is 15.1 Å². The van der Waals surface area contributed by atoms with Gasteiger partial charge in [-0.15, -0.1) is 0 Å². The fourth-order valence-corrected chi connectivity index (χ4v) is 3.87. The molecule has 0 atom stereocenters. The Bertz CT molecular complexity index is 980. The molecule has 0 fully saturated rings. The molecule has 28 heavy (non-hydrogen) atoms. The van der Waals surface area contributed by atoms with Gasteiger partial charge in [0.2, 0.25) is 0 Å². The molecule has 2 aromatic rings. The molecule has 1 heterocycles. The SMILES string of the molecule is CCCN1c2ccc(C=Nc3ccc(Cl)c([N+](=O)[O-])c3)cc2C(C)=CC1(C)C. The third kappa shape index (κ3) is 3.94. The van der Waals surface area contributed by atoms with Gasteiger partial charge in [0.05, 0.1) is 16.1 Å². The molecule has 0 unspecified atom stereocenters. The van der Waals surface area contributed by atoms with E-state index in [2.05, 4.69) is 55.8 Å². The number of halogens is 1. The number of rotatable bonds is 5. The highest BCUT2D eigenvalue weighted by Crippen LogP contribution is 2.39. The molecule has 5 nitrogen and oxygen atoms in total. The Balaban J connectivity index is 1.94. The van der Waals surface area contributed by atoms with Crippen molar-refractivity contribution in [1.82, 2.24) is 0 Å². The van der Waals surface area contributed by atoms with Crippen LogP contribution < -0.4 is 4.90 Å². The number of anilines is 1. The van der Waals surface area contributed by atoms with E-state index in [4.69, 9.17) is 11.6 Å². The van der Waals surface area contributed by atoms with Crippen molar-refractivity contribution in [2.75, 3.05) is 11.4 Å². The zero-order valence-corrected chi connectivity index (χ0v) is 17.3. The molecule has 3 rings (SSSR count). The summed E-state index contributed by atoms with van der Waals surface area (Å²) in [6.07, 6.45) is 5.10. The van der Waals surface area contributed by atoms with Crippen LogP contribution in [0.5, 0.6) is 0 Å². The summed E-state index contributed by atoms with van der Waals surface area (Å²) in [5.41, 5.74) is 4.94. The van der Waals surface area contributed by atoms with E-state index in [1.807, 2.05) is 6.07 Å². The second kappa shape index (κ2) is 7.76. The highest BCUT2D eigenvalue weighted by atomic mass is 35.5. The number of benzene rings is 2. The molecular weight excluding hydrogens is 374 g/mol. The van der Waals surface area contributed by atoms with Gasteiger partial charge in [-0.25, -0.2) is 0 Å². The van der Waals surface area contributed by atoms with E-state index >= 15 is 0 Å². The Morgan fingerprint density at radius 1 is 1.25 bits per heavy atom. The van der Waals surface area contributed by atoms with Gasteiger partial charge in [0, 0.05) is 30.1 Å².